The minimum absolute atomic E-state index is 0.526. The first kappa shape index (κ1) is 7.60. The monoisotopic (exact) mass is 153 g/mol. The zero-order valence-electron chi connectivity index (χ0n) is 7.69. The van der Waals surface area contributed by atoms with E-state index in [1.165, 1.54) is 32.1 Å². The molecule has 64 valence electrons. The van der Waals surface area contributed by atoms with Crippen molar-refractivity contribution in [3.63, 3.8) is 0 Å². The van der Waals surface area contributed by atoms with Crippen LogP contribution >= 0.6 is 0 Å². The molecule has 2 aliphatic rings. The Morgan fingerprint density at radius 2 is 1.73 bits per heavy atom. The molecule has 0 aromatic rings. The largest absolute Gasteiger partial charge is 0.327 e. The maximum Gasteiger partial charge on any atom is 0.0107 e. The summed E-state index contributed by atoms with van der Waals surface area (Å²) in [6, 6.07) is 0.526. The van der Waals surface area contributed by atoms with Crippen LogP contribution in [0.1, 0.15) is 46.0 Å². The molecule has 11 heavy (non-hydrogen) atoms. The summed E-state index contributed by atoms with van der Waals surface area (Å²) in [4.78, 5) is 0. The molecule has 0 heterocycles. The highest BCUT2D eigenvalue weighted by atomic mass is 14.8. The zero-order valence-corrected chi connectivity index (χ0v) is 7.69. The fourth-order valence-electron chi connectivity index (χ4n) is 2.99. The van der Waals surface area contributed by atoms with Gasteiger partial charge in [-0.15, -0.1) is 0 Å². The van der Waals surface area contributed by atoms with Gasteiger partial charge in [-0.3, -0.25) is 0 Å². The minimum atomic E-state index is 0.526. The van der Waals surface area contributed by atoms with E-state index in [1.807, 2.05) is 0 Å². The van der Waals surface area contributed by atoms with Gasteiger partial charge >= 0.3 is 0 Å². The van der Waals surface area contributed by atoms with E-state index in [0.29, 0.717) is 16.9 Å². The van der Waals surface area contributed by atoms with E-state index in [2.05, 4.69) is 13.8 Å². The molecule has 0 saturated heterocycles. The molecule has 0 aliphatic heterocycles. The van der Waals surface area contributed by atoms with E-state index >= 15 is 0 Å². The molecule has 0 amide bonds. The first-order valence-corrected chi connectivity index (χ1v) is 4.84. The quantitative estimate of drug-likeness (QED) is 0.568. The van der Waals surface area contributed by atoms with Crippen LogP contribution in [0, 0.1) is 10.8 Å². The molecular formula is C10H19N. The van der Waals surface area contributed by atoms with Gasteiger partial charge in [0.25, 0.3) is 0 Å². The summed E-state index contributed by atoms with van der Waals surface area (Å²) in [6.45, 7) is 4.80. The number of rotatable bonds is 0. The van der Waals surface area contributed by atoms with Crippen LogP contribution in [0.15, 0.2) is 0 Å². The predicted molar refractivity (Wildman–Crippen MR) is 47.3 cm³/mol. The molecule has 2 saturated carbocycles. The molecule has 0 radical (unpaired) electrons. The van der Waals surface area contributed by atoms with Crippen molar-refractivity contribution in [3.05, 3.63) is 0 Å². The van der Waals surface area contributed by atoms with Crippen molar-refractivity contribution in [1.29, 1.82) is 0 Å². The highest BCUT2D eigenvalue weighted by molar-refractivity contribution is 5.14. The molecule has 2 N–H and O–H groups in total. The molecule has 0 aromatic carbocycles. The summed E-state index contributed by atoms with van der Waals surface area (Å²) in [5, 5.41) is 0. The lowest BCUT2D eigenvalue weighted by molar-refractivity contribution is 0.109. The first-order valence-electron chi connectivity index (χ1n) is 4.84. The van der Waals surface area contributed by atoms with Crippen LogP contribution in [0.2, 0.25) is 0 Å². The maximum absolute atomic E-state index is 6.01. The van der Waals surface area contributed by atoms with E-state index in [9.17, 15) is 0 Å². The Hall–Kier alpha value is -0.0400. The van der Waals surface area contributed by atoms with Crippen LogP contribution in [0.25, 0.3) is 0 Å². The topological polar surface area (TPSA) is 26.0 Å². The van der Waals surface area contributed by atoms with Crippen LogP contribution in [-0.4, -0.2) is 6.04 Å². The lowest BCUT2D eigenvalue weighted by atomic mass is 9.66. The van der Waals surface area contributed by atoms with E-state index in [-0.39, 0.29) is 0 Å². The summed E-state index contributed by atoms with van der Waals surface area (Å²) in [5.41, 5.74) is 7.10. The van der Waals surface area contributed by atoms with Crippen molar-refractivity contribution in [3.8, 4) is 0 Å². The minimum Gasteiger partial charge on any atom is -0.327 e. The van der Waals surface area contributed by atoms with Crippen LogP contribution in [0.3, 0.4) is 0 Å². The van der Waals surface area contributed by atoms with Gasteiger partial charge in [0.05, 0.1) is 0 Å². The van der Waals surface area contributed by atoms with Crippen molar-refractivity contribution < 1.29 is 0 Å². The van der Waals surface area contributed by atoms with Gasteiger partial charge in [-0.1, -0.05) is 26.7 Å². The normalized spacial score (nSPS) is 47.7. The third kappa shape index (κ3) is 0.868. The summed E-state index contributed by atoms with van der Waals surface area (Å²) in [5.74, 6) is 0. The smallest absolute Gasteiger partial charge is 0.0107 e. The Labute approximate surface area is 69.4 Å². The van der Waals surface area contributed by atoms with E-state index in [1.54, 1.807) is 0 Å². The Kier molecular flexibility index (Phi) is 1.39. The van der Waals surface area contributed by atoms with Crippen LogP contribution in [-0.2, 0) is 0 Å². The second-order valence-electron chi connectivity index (χ2n) is 5.06. The van der Waals surface area contributed by atoms with Gasteiger partial charge in [-0.25, -0.2) is 0 Å². The average Bonchev–Trinajstić information content (AvgIpc) is 2.54. The molecule has 2 fully saturated rings. The van der Waals surface area contributed by atoms with Crippen molar-refractivity contribution in [2.45, 2.75) is 52.0 Å². The molecule has 0 aromatic heterocycles. The van der Waals surface area contributed by atoms with Gasteiger partial charge in [-0.2, -0.15) is 0 Å². The molecule has 2 aliphatic carbocycles. The van der Waals surface area contributed by atoms with Gasteiger partial charge in [-0.05, 0) is 30.1 Å². The van der Waals surface area contributed by atoms with E-state index < -0.39 is 0 Å². The highest BCUT2D eigenvalue weighted by Crippen LogP contribution is 2.64. The standard InChI is InChI=1S/C10H19N/c1-9(2)5-3-4-6-10(9)7-8(10)11/h8H,3-7,11H2,1-2H3. The molecule has 2 atom stereocenters. The molecular weight excluding hydrogens is 134 g/mol. The second-order valence-corrected chi connectivity index (χ2v) is 5.06. The van der Waals surface area contributed by atoms with Crippen molar-refractivity contribution in [2.24, 2.45) is 16.6 Å². The van der Waals surface area contributed by atoms with Crippen LogP contribution in [0.4, 0.5) is 0 Å². The number of hydrogen-bond acceptors (Lipinski definition) is 1. The van der Waals surface area contributed by atoms with Gasteiger partial charge in [0.15, 0.2) is 0 Å². The lowest BCUT2D eigenvalue weighted by Crippen LogP contribution is -2.34. The van der Waals surface area contributed by atoms with Crippen LogP contribution in [0.5, 0.6) is 0 Å². The Balaban J connectivity index is 2.18. The van der Waals surface area contributed by atoms with Crippen LogP contribution < -0.4 is 5.73 Å². The van der Waals surface area contributed by atoms with Gasteiger partial charge in [0.1, 0.15) is 0 Å². The lowest BCUT2D eigenvalue weighted by Gasteiger charge is -2.40. The SMILES string of the molecule is CC1(C)CCCCC12CC2N. The molecule has 0 bridgehead atoms. The molecule has 1 spiro atoms. The van der Waals surface area contributed by atoms with E-state index in [0.717, 1.165) is 0 Å². The molecule has 1 heteroatoms. The Morgan fingerprint density at radius 1 is 1.18 bits per heavy atom. The highest BCUT2D eigenvalue weighted by Gasteiger charge is 2.61. The van der Waals surface area contributed by atoms with E-state index in [4.69, 9.17) is 5.73 Å². The van der Waals surface area contributed by atoms with Gasteiger partial charge in [0, 0.05) is 6.04 Å². The third-order valence-electron chi connectivity index (χ3n) is 4.16. The summed E-state index contributed by atoms with van der Waals surface area (Å²) in [7, 11) is 0. The first-order chi connectivity index (χ1) is 5.08. The van der Waals surface area contributed by atoms with Crippen molar-refractivity contribution in [1.82, 2.24) is 0 Å². The fourth-order valence-corrected chi connectivity index (χ4v) is 2.99. The average molecular weight is 153 g/mol. The van der Waals surface area contributed by atoms with Gasteiger partial charge < -0.3 is 5.73 Å². The molecule has 1 nitrogen and oxygen atoms in total. The summed E-state index contributed by atoms with van der Waals surface area (Å²) < 4.78 is 0. The zero-order chi connectivity index (χ0) is 8.11. The summed E-state index contributed by atoms with van der Waals surface area (Å²) >= 11 is 0. The fraction of sp³-hybridized carbons (Fsp3) is 1.00. The summed E-state index contributed by atoms with van der Waals surface area (Å²) in [6.07, 6.45) is 6.90. The third-order valence-corrected chi connectivity index (χ3v) is 4.16. The molecule has 2 unspecified atom stereocenters. The molecule has 2 rings (SSSR count). The number of hydrogen-bond donors (Lipinski definition) is 1. The Morgan fingerprint density at radius 3 is 2.09 bits per heavy atom. The Bertz CT molecular complexity index is 174. The van der Waals surface area contributed by atoms with Gasteiger partial charge in [0.2, 0.25) is 0 Å². The van der Waals surface area contributed by atoms with Crippen molar-refractivity contribution in [2.75, 3.05) is 0 Å². The second kappa shape index (κ2) is 2.01. The number of nitrogens with two attached hydrogens (primary N) is 1. The van der Waals surface area contributed by atoms with Crippen molar-refractivity contribution >= 4 is 0 Å². The maximum atomic E-state index is 6.01. The predicted octanol–water partition coefficient (Wildman–Crippen LogP) is 2.30.